The monoisotopic (exact) mass is 220 g/mol. The SMILES string of the molecule is COC(=O)/C=C/CCOc1ccc(C)cc1. The summed E-state index contributed by atoms with van der Waals surface area (Å²) in [5.41, 5.74) is 1.21. The Kier molecular flexibility index (Phi) is 5.12. The van der Waals surface area contributed by atoms with Crippen LogP contribution in [0.4, 0.5) is 0 Å². The molecule has 0 fully saturated rings. The number of ether oxygens (including phenoxy) is 2. The number of methoxy groups -OCH3 is 1. The normalized spacial score (nSPS) is 10.4. The summed E-state index contributed by atoms with van der Waals surface area (Å²) >= 11 is 0. The van der Waals surface area contributed by atoms with E-state index in [0.717, 1.165) is 5.75 Å². The lowest BCUT2D eigenvalue weighted by atomic mass is 10.2. The molecule has 0 saturated carbocycles. The van der Waals surface area contributed by atoms with Crippen molar-refractivity contribution in [2.24, 2.45) is 0 Å². The highest BCUT2D eigenvalue weighted by Crippen LogP contribution is 2.11. The van der Waals surface area contributed by atoms with Crippen LogP contribution in [-0.2, 0) is 9.53 Å². The van der Waals surface area contributed by atoms with E-state index in [1.807, 2.05) is 31.2 Å². The zero-order chi connectivity index (χ0) is 11.8. The summed E-state index contributed by atoms with van der Waals surface area (Å²) in [6, 6.07) is 7.86. The average Bonchev–Trinajstić information content (AvgIpc) is 2.31. The molecule has 0 heterocycles. The van der Waals surface area contributed by atoms with Crippen LogP contribution in [0.2, 0.25) is 0 Å². The number of aryl methyl sites for hydroxylation is 1. The maximum Gasteiger partial charge on any atom is 0.330 e. The van der Waals surface area contributed by atoms with Gasteiger partial charge in [0.15, 0.2) is 0 Å². The van der Waals surface area contributed by atoms with Crippen LogP contribution in [0.1, 0.15) is 12.0 Å². The standard InChI is InChI=1S/C13H16O3/c1-11-6-8-12(9-7-11)16-10-4-3-5-13(14)15-2/h3,5-9H,4,10H2,1-2H3/b5-3+. The molecule has 3 nitrogen and oxygen atoms in total. The van der Waals surface area contributed by atoms with E-state index >= 15 is 0 Å². The van der Waals surface area contributed by atoms with Crippen LogP contribution < -0.4 is 4.74 Å². The molecule has 86 valence electrons. The molecule has 1 aromatic carbocycles. The van der Waals surface area contributed by atoms with Gasteiger partial charge < -0.3 is 9.47 Å². The maximum atomic E-state index is 10.7. The molecular formula is C13H16O3. The average molecular weight is 220 g/mol. The second-order valence-electron chi connectivity index (χ2n) is 3.38. The molecule has 16 heavy (non-hydrogen) atoms. The number of carbonyl (C=O) groups excluding carboxylic acids is 1. The van der Waals surface area contributed by atoms with Gasteiger partial charge in [-0.25, -0.2) is 4.79 Å². The lowest BCUT2D eigenvalue weighted by Gasteiger charge is -2.03. The van der Waals surface area contributed by atoms with Crippen molar-refractivity contribution in [1.29, 1.82) is 0 Å². The molecule has 0 aliphatic heterocycles. The largest absolute Gasteiger partial charge is 0.493 e. The maximum absolute atomic E-state index is 10.7. The fraction of sp³-hybridized carbons (Fsp3) is 0.308. The second-order valence-corrected chi connectivity index (χ2v) is 3.38. The lowest BCUT2D eigenvalue weighted by molar-refractivity contribution is -0.134. The van der Waals surface area contributed by atoms with E-state index in [-0.39, 0.29) is 5.97 Å². The molecule has 0 amide bonds. The summed E-state index contributed by atoms with van der Waals surface area (Å²) < 4.78 is 9.93. The fourth-order valence-corrected chi connectivity index (χ4v) is 1.13. The number of carbonyl (C=O) groups is 1. The van der Waals surface area contributed by atoms with Crippen molar-refractivity contribution in [2.45, 2.75) is 13.3 Å². The predicted octanol–water partition coefficient (Wildman–Crippen LogP) is 2.49. The first kappa shape index (κ1) is 12.3. The van der Waals surface area contributed by atoms with Crippen LogP contribution in [0, 0.1) is 6.92 Å². The molecule has 0 atom stereocenters. The van der Waals surface area contributed by atoms with Gasteiger partial charge in [-0.3, -0.25) is 0 Å². The van der Waals surface area contributed by atoms with Crippen molar-refractivity contribution >= 4 is 5.97 Å². The first-order valence-corrected chi connectivity index (χ1v) is 5.16. The molecule has 0 radical (unpaired) electrons. The number of hydrogen-bond acceptors (Lipinski definition) is 3. The minimum atomic E-state index is -0.338. The molecule has 0 aromatic heterocycles. The zero-order valence-corrected chi connectivity index (χ0v) is 9.60. The van der Waals surface area contributed by atoms with Gasteiger partial charge >= 0.3 is 5.97 Å². The van der Waals surface area contributed by atoms with Crippen molar-refractivity contribution < 1.29 is 14.3 Å². The van der Waals surface area contributed by atoms with Gasteiger partial charge in [0.2, 0.25) is 0 Å². The van der Waals surface area contributed by atoms with E-state index in [9.17, 15) is 4.79 Å². The van der Waals surface area contributed by atoms with E-state index < -0.39 is 0 Å². The molecule has 0 aliphatic carbocycles. The Hall–Kier alpha value is -1.77. The summed E-state index contributed by atoms with van der Waals surface area (Å²) in [5.74, 6) is 0.507. The van der Waals surface area contributed by atoms with Crippen molar-refractivity contribution in [3.8, 4) is 5.75 Å². The quantitative estimate of drug-likeness (QED) is 0.434. The summed E-state index contributed by atoms with van der Waals surface area (Å²) in [4.78, 5) is 10.7. The first-order chi connectivity index (χ1) is 7.72. The molecule has 0 N–H and O–H groups in total. The Labute approximate surface area is 95.7 Å². The van der Waals surface area contributed by atoms with Crippen molar-refractivity contribution in [3.63, 3.8) is 0 Å². The molecule has 1 aromatic rings. The summed E-state index contributed by atoms with van der Waals surface area (Å²) in [6.07, 6.45) is 3.82. The number of benzene rings is 1. The molecule has 0 spiro atoms. The number of hydrogen-bond donors (Lipinski definition) is 0. The third-order valence-electron chi connectivity index (χ3n) is 2.03. The van der Waals surface area contributed by atoms with Crippen molar-refractivity contribution in [2.75, 3.05) is 13.7 Å². The third-order valence-corrected chi connectivity index (χ3v) is 2.03. The van der Waals surface area contributed by atoms with Crippen LogP contribution in [0.25, 0.3) is 0 Å². The topological polar surface area (TPSA) is 35.5 Å². The predicted molar refractivity (Wildman–Crippen MR) is 62.4 cm³/mol. The Bertz CT molecular complexity index is 352. The highest BCUT2D eigenvalue weighted by Gasteiger charge is 1.92. The Morgan fingerprint density at radius 2 is 2.00 bits per heavy atom. The molecule has 0 saturated heterocycles. The smallest absolute Gasteiger partial charge is 0.330 e. The lowest BCUT2D eigenvalue weighted by Crippen LogP contribution is -1.97. The minimum absolute atomic E-state index is 0.338. The Balaban J connectivity index is 2.23. The van der Waals surface area contributed by atoms with Crippen LogP contribution in [0.15, 0.2) is 36.4 Å². The second kappa shape index (κ2) is 6.67. The molecule has 0 bridgehead atoms. The molecule has 1 rings (SSSR count). The Morgan fingerprint density at radius 1 is 1.31 bits per heavy atom. The molecule has 0 aliphatic rings. The minimum Gasteiger partial charge on any atom is -0.493 e. The molecule has 0 unspecified atom stereocenters. The van der Waals surface area contributed by atoms with Crippen molar-refractivity contribution in [3.05, 3.63) is 42.0 Å². The number of esters is 1. The summed E-state index contributed by atoms with van der Waals surface area (Å²) in [5, 5.41) is 0. The highest BCUT2D eigenvalue weighted by atomic mass is 16.5. The van der Waals surface area contributed by atoms with E-state index in [0.29, 0.717) is 13.0 Å². The van der Waals surface area contributed by atoms with E-state index in [4.69, 9.17) is 4.74 Å². The summed E-state index contributed by atoms with van der Waals surface area (Å²) in [7, 11) is 1.36. The van der Waals surface area contributed by atoms with Gasteiger partial charge in [-0.2, -0.15) is 0 Å². The van der Waals surface area contributed by atoms with Gasteiger partial charge in [-0.15, -0.1) is 0 Å². The zero-order valence-electron chi connectivity index (χ0n) is 9.60. The van der Waals surface area contributed by atoms with Crippen LogP contribution in [0.3, 0.4) is 0 Å². The summed E-state index contributed by atoms with van der Waals surface area (Å²) in [6.45, 7) is 2.58. The van der Waals surface area contributed by atoms with Crippen LogP contribution in [-0.4, -0.2) is 19.7 Å². The van der Waals surface area contributed by atoms with Crippen LogP contribution >= 0.6 is 0 Å². The van der Waals surface area contributed by atoms with Crippen LogP contribution in [0.5, 0.6) is 5.75 Å². The third kappa shape index (κ3) is 4.64. The van der Waals surface area contributed by atoms with E-state index in [2.05, 4.69) is 4.74 Å². The molecule has 3 heteroatoms. The first-order valence-electron chi connectivity index (χ1n) is 5.16. The van der Waals surface area contributed by atoms with Gasteiger partial charge in [0, 0.05) is 6.08 Å². The van der Waals surface area contributed by atoms with Gasteiger partial charge in [-0.1, -0.05) is 23.8 Å². The number of rotatable bonds is 5. The highest BCUT2D eigenvalue weighted by molar-refractivity contribution is 5.81. The van der Waals surface area contributed by atoms with Gasteiger partial charge in [0.05, 0.1) is 13.7 Å². The molecular weight excluding hydrogens is 204 g/mol. The van der Waals surface area contributed by atoms with Gasteiger partial charge in [-0.05, 0) is 25.5 Å². The fourth-order valence-electron chi connectivity index (χ4n) is 1.13. The van der Waals surface area contributed by atoms with E-state index in [1.165, 1.54) is 18.7 Å². The van der Waals surface area contributed by atoms with Gasteiger partial charge in [0.25, 0.3) is 0 Å². The van der Waals surface area contributed by atoms with Gasteiger partial charge in [0.1, 0.15) is 5.75 Å². The van der Waals surface area contributed by atoms with E-state index in [1.54, 1.807) is 6.08 Å². The van der Waals surface area contributed by atoms with Crippen molar-refractivity contribution in [1.82, 2.24) is 0 Å². The Morgan fingerprint density at radius 3 is 2.62 bits per heavy atom.